The van der Waals surface area contributed by atoms with Gasteiger partial charge in [-0.3, -0.25) is 4.90 Å². The second kappa shape index (κ2) is 12.5. The van der Waals surface area contributed by atoms with Crippen LogP contribution in [0.2, 0.25) is 0 Å². The normalized spacial score (nSPS) is 14.0. The highest BCUT2D eigenvalue weighted by molar-refractivity contribution is 6.01. The van der Waals surface area contributed by atoms with Crippen molar-refractivity contribution in [1.29, 1.82) is 0 Å². The molecular weight excluding hydrogens is 465 g/mol. The van der Waals surface area contributed by atoms with Gasteiger partial charge < -0.3 is 19.6 Å². The Morgan fingerprint density at radius 1 is 1.12 bits per heavy atom. The number of para-hydroxylation sites is 1. The quantitative estimate of drug-likeness (QED) is 0.451. The summed E-state index contributed by atoms with van der Waals surface area (Å²) in [5.41, 5.74) is 2.25. The average Bonchev–Trinajstić information content (AvgIpc) is 3.22. The van der Waals surface area contributed by atoms with E-state index in [1.54, 1.807) is 19.2 Å². The van der Waals surface area contributed by atoms with Gasteiger partial charge in [0.2, 0.25) is 0 Å². The molecule has 0 unspecified atom stereocenters. The van der Waals surface area contributed by atoms with Gasteiger partial charge in [0.1, 0.15) is 17.9 Å². The molecule has 1 aliphatic heterocycles. The number of benzene rings is 2. The van der Waals surface area contributed by atoms with Gasteiger partial charge in [0.15, 0.2) is 11.5 Å². The first-order valence-corrected chi connectivity index (χ1v) is 10.6. The zero-order valence-electron chi connectivity index (χ0n) is 18.5. The number of aromatic nitrogens is 2. The highest BCUT2D eigenvalue weighted by Crippen LogP contribution is 2.29. The molecule has 0 radical (unpaired) electrons. The Hall–Kier alpha value is -2.74. The van der Waals surface area contributed by atoms with E-state index in [-0.39, 0.29) is 30.4 Å². The van der Waals surface area contributed by atoms with Crippen LogP contribution in [0.4, 0.5) is 0 Å². The predicted octanol–water partition coefficient (Wildman–Crippen LogP) is 5.15. The van der Waals surface area contributed by atoms with Gasteiger partial charge in [-0.25, -0.2) is 9.78 Å². The number of piperidine rings is 1. The molecule has 7 nitrogen and oxygen atoms in total. The van der Waals surface area contributed by atoms with Crippen molar-refractivity contribution >= 4 is 54.0 Å². The van der Waals surface area contributed by atoms with Gasteiger partial charge in [-0.15, -0.1) is 24.8 Å². The van der Waals surface area contributed by atoms with E-state index in [2.05, 4.69) is 14.9 Å². The number of aromatic amines is 1. The van der Waals surface area contributed by atoms with E-state index in [1.165, 1.54) is 19.3 Å². The Morgan fingerprint density at radius 3 is 2.64 bits per heavy atom. The molecule has 1 aromatic heterocycles. The lowest BCUT2D eigenvalue weighted by molar-refractivity contribution is 0.0699. The summed E-state index contributed by atoms with van der Waals surface area (Å²) < 4.78 is 11.5. The van der Waals surface area contributed by atoms with Gasteiger partial charge in [-0.05, 0) is 61.8 Å². The number of halogens is 2. The number of carboxylic acids is 1. The van der Waals surface area contributed by atoms with Crippen molar-refractivity contribution in [3.05, 3.63) is 53.3 Å². The molecule has 0 aliphatic carbocycles. The summed E-state index contributed by atoms with van der Waals surface area (Å²) in [6.07, 6.45) is 7.59. The van der Waals surface area contributed by atoms with Crippen molar-refractivity contribution in [2.24, 2.45) is 0 Å². The fourth-order valence-electron chi connectivity index (χ4n) is 3.85. The maximum Gasteiger partial charge on any atom is 0.337 e. The van der Waals surface area contributed by atoms with Gasteiger partial charge in [0, 0.05) is 6.54 Å². The smallest absolute Gasteiger partial charge is 0.337 e. The van der Waals surface area contributed by atoms with E-state index in [4.69, 9.17) is 9.47 Å². The molecule has 2 aromatic carbocycles. The van der Waals surface area contributed by atoms with E-state index in [9.17, 15) is 9.90 Å². The first-order valence-electron chi connectivity index (χ1n) is 10.6. The van der Waals surface area contributed by atoms with Gasteiger partial charge >= 0.3 is 5.97 Å². The number of fused-ring (bicyclic) bond motifs is 1. The summed E-state index contributed by atoms with van der Waals surface area (Å²) in [4.78, 5) is 21.4. The van der Waals surface area contributed by atoms with Crippen LogP contribution < -0.4 is 9.47 Å². The van der Waals surface area contributed by atoms with Crippen LogP contribution >= 0.6 is 24.8 Å². The molecule has 1 saturated heterocycles. The first kappa shape index (κ1) is 26.5. The molecule has 1 fully saturated rings. The minimum absolute atomic E-state index is 0. The van der Waals surface area contributed by atoms with E-state index >= 15 is 0 Å². The van der Waals surface area contributed by atoms with Crippen LogP contribution in [0.1, 0.15) is 41.0 Å². The lowest BCUT2D eigenvalue weighted by Crippen LogP contribution is -2.33. The fraction of sp³-hybridized carbons (Fsp3) is 0.333. The summed E-state index contributed by atoms with van der Waals surface area (Å²) in [7, 11) is 1.63. The Morgan fingerprint density at radius 2 is 1.91 bits per heavy atom. The van der Waals surface area contributed by atoms with Crippen molar-refractivity contribution in [3.63, 3.8) is 0 Å². The SMILES string of the molecule is COc1cc(C=Cc2nc3c(C(=O)O)cccc3[nH]2)ccc1OCCN1CCCCC1.Cl.Cl. The minimum Gasteiger partial charge on any atom is -0.493 e. The monoisotopic (exact) mass is 493 g/mol. The van der Waals surface area contributed by atoms with Crippen LogP contribution in [0, 0.1) is 0 Å². The summed E-state index contributed by atoms with van der Waals surface area (Å²) in [5.74, 6) is 1.00. The number of carbonyl (C=O) groups is 1. The second-order valence-electron chi connectivity index (χ2n) is 7.62. The molecule has 2 N–H and O–H groups in total. The van der Waals surface area contributed by atoms with Gasteiger partial charge in [0.25, 0.3) is 0 Å². The molecule has 0 bridgehead atoms. The number of rotatable bonds is 8. The van der Waals surface area contributed by atoms with Crippen molar-refractivity contribution in [1.82, 2.24) is 14.9 Å². The number of aromatic carboxylic acids is 1. The standard InChI is InChI=1S/C24H27N3O4.2ClH/c1-30-21-16-17(8-10-20(21)31-15-14-27-12-3-2-4-13-27)9-11-22-25-19-7-5-6-18(24(28)29)23(19)26-22;;/h5-11,16H,2-4,12-15H2,1H3,(H,25,26)(H,28,29);2*1H. The van der Waals surface area contributed by atoms with Crippen molar-refractivity contribution in [2.45, 2.75) is 19.3 Å². The molecule has 0 atom stereocenters. The highest BCUT2D eigenvalue weighted by atomic mass is 35.5. The van der Waals surface area contributed by atoms with Crippen molar-refractivity contribution in [3.8, 4) is 11.5 Å². The lowest BCUT2D eigenvalue weighted by Gasteiger charge is -2.26. The van der Waals surface area contributed by atoms with E-state index < -0.39 is 5.97 Å². The zero-order chi connectivity index (χ0) is 21.6. The number of ether oxygens (including phenoxy) is 2. The fourth-order valence-corrected chi connectivity index (χ4v) is 3.85. The largest absolute Gasteiger partial charge is 0.493 e. The molecule has 33 heavy (non-hydrogen) atoms. The lowest BCUT2D eigenvalue weighted by atomic mass is 10.1. The van der Waals surface area contributed by atoms with E-state index in [0.29, 0.717) is 29.2 Å². The summed E-state index contributed by atoms with van der Waals surface area (Å²) >= 11 is 0. The third-order valence-corrected chi connectivity index (χ3v) is 5.50. The number of nitrogens with zero attached hydrogens (tertiary/aromatic N) is 2. The highest BCUT2D eigenvalue weighted by Gasteiger charge is 2.12. The number of hydrogen-bond acceptors (Lipinski definition) is 5. The van der Waals surface area contributed by atoms with Crippen LogP contribution in [0.15, 0.2) is 36.4 Å². The molecular formula is C24H29Cl2N3O4. The zero-order valence-corrected chi connectivity index (χ0v) is 20.1. The maximum absolute atomic E-state index is 11.4. The predicted molar refractivity (Wildman–Crippen MR) is 135 cm³/mol. The molecule has 9 heteroatoms. The average molecular weight is 494 g/mol. The number of H-pyrrole nitrogens is 1. The number of carboxylic acid groups (broad SMARTS) is 1. The Kier molecular flexibility index (Phi) is 10.0. The Bertz CT molecular complexity index is 1090. The van der Waals surface area contributed by atoms with E-state index in [1.807, 2.05) is 36.4 Å². The third kappa shape index (κ3) is 6.63. The van der Waals surface area contributed by atoms with Crippen molar-refractivity contribution in [2.75, 3.05) is 33.4 Å². The second-order valence-corrected chi connectivity index (χ2v) is 7.62. The summed E-state index contributed by atoms with van der Waals surface area (Å²) in [6.45, 7) is 3.87. The summed E-state index contributed by atoms with van der Waals surface area (Å²) in [6, 6.07) is 10.8. The van der Waals surface area contributed by atoms with Crippen molar-refractivity contribution < 1.29 is 19.4 Å². The van der Waals surface area contributed by atoms with Gasteiger partial charge in [0.05, 0.1) is 18.2 Å². The molecule has 2 heterocycles. The molecule has 0 spiro atoms. The van der Waals surface area contributed by atoms with Gasteiger partial charge in [-0.2, -0.15) is 0 Å². The van der Waals surface area contributed by atoms with Crippen LogP contribution in [0.25, 0.3) is 23.2 Å². The van der Waals surface area contributed by atoms with Crippen LogP contribution in [0.3, 0.4) is 0 Å². The first-order chi connectivity index (χ1) is 15.1. The summed E-state index contributed by atoms with van der Waals surface area (Å²) in [5, 5.41) is 9.32. The topological polar surface area (TPSA) is 87.7 Å². The van der Waals surface area contributed by atoms with Crippen LogP contribution in [0.5, 0.6) is 11.5 Å². The van der Waals surface area contributed by atoms with Crippen LogP contribution in [-0.4, -0.2) is 59.3 Å². The third-order valence-electron chi connectivity index (χ3n) is 5.50. The van der Waals surface area contributed by atoms with Crippen LogP contribution in [-0.2, 0) is 0 Å². The minimum atomic E-state index is -0.992. The number of imidazole rings is 1. The molecule has 0 amide bonds. The Labute approximate surface area is 205 Å². The molecule has 178 valence electrons. The molecule has 0 saturated carbocycles. The van der Waals surface area contributed by atoms with E-state index in [0.717, 1.165) is 30.9 Å². The molecule has 4 rings (SSSR count). The molecule has 1 aliphatic rings. The number of hydrogen-bond donors (Lipinski definition) is 2. The molecule has 3 aromatic rings. The number of methoxy groups -OCH3 is 1. The number of likely N-dealkylation sites (tertiary alicyclic amines) is 1. The number of nitrogens with one attached hydrogen (secondary N) is 1. The Balaban J connectivity index is 0.00000193. The maximum atomic E-state index is 11.4. The van der Waals surface area contributed by atoms with Gasteiger partial charge in [-0.1, -0.05) is 24.6 Å².